The summed E-state index contributed by atoms with van der Waals surface area (Å²) >= 11 is 0. The lowest BCUT2D eigenvalue weighted by molar-refractivity contribution is 0.576. The van der Waals surface area contributed by atoms with Gasteiger partial charge in [0.2, 0.25) is 0 Å². The number of benzene rings is 1. The predicted octanol–water partition coefficient (Wildman–Crippen LogP) is 5.06. The Labute approximate surface area is 106 Å². The van der Waals surface area contributed by atoms with Crippen LogP contribution in [0.3, 0.4) is 0 Å². The molecule has 1 nitrogen and oxygen atoms in total. The highest BCUT2D eigenvalue weighted by atomic mass is 14.9. The van der Waals surface area contributed by atoms with Gasteiger partial charge in [-0.05, 0) is 37.8 Å². The number of hydrogen-bond acceptors (Lipinski definition) is 1. The third kappa shape index (κ3) is 4.26. The van der Waals surface area contributed by atoms with Crippen molar-refractivity contribution in [1.82, 2.24) is 0 Å². The number of nitrogens with one attached hydrogen (secondary N) is 1. The summed E-state index contributed by atoms with van der Waals surface area (Å²) in [7, 11) is 0. The maximum Gasteiger partial charge on any atom is 0.0411 e. The van der Waals surface area contributed by atoms with Gasteiger partial charge in [-0.2, -0.15) is 0 Å². The standard InChI is InChI=1S/C16H25N/c1-6-7-8-13(3)15(5)17-16-10-9-12(2)11-14(16)4/h9-11,13,17H,5-8H2,1-4H3. The van der Waals surface area contributed by atoms with E-state index in [1.54, 1.807) is 0 Å². The van der Waals surface area contributed by atoms with Gasteiger partial charge in [-0.25, -0.2) is 0 Å². The minimum atomic E-state index is 0.538. The van der Waals surface area contributed by atoms with Crippen LogP contribution in [-0.4, -0.2) is 0 Å². The second kappa shape index (κ2) is 6.48. The highest BCUT2D eigenvalue weighted by Gasteiger charge is 2.07. The van der Waals surface area contributed by atoms with Crippen LogP contribution in [-0.2, 0) is 0 Å². The molecule has 0 spiro atoms. The summed E-state index contributed by atoms with van der Waals surface area (Å²) in [6.07, 6.45) is 3.74. The average Bonchev–Trinajstić information content (AvgIpc) is 2.29. The van der Waals surface area contributed by atoms with E-state index in [1.165, 1.54) is 36.1 Å². The predicted molar refractivity (Wildman–Crippen MR) is 77.4 cm³/mol. The van der Waals surface area contributed by atoms with Gasteiger partial charge in [-0.3, -0.25) is 0 Å². The Bertz CT molecular complexity index is 379. The van der Waals surface area contributed by atoms with E-state index in [-0.39, 0.29) is 0 Å². The maximum absolute atomic E-state index is 4.16. The molecule has 17 heavy (non-hydrogen) atoms. The van der Waals surface area contributed by atoms with Crippen molar-refractivity contribution < 1.29 is 0 Å². The summed E-state index contributed by atoms with van der Waals surface area (Å²) in [5.74, 6) is 0.538. The smallest absolute Gasteiger partial charge is 0.0411 e. The molecule has 0 aromatic heterocycles. The van der Waals surface area contributed by atoms with Crippen LogP contribution in [0.15, 0.2) is 30.5 Å². The molecule has 1 aromatic carbocycles. The van der Waals surface area contributed by atoms with Gasteiger partial charge in [-0.1, -0.05) is 51.0 Å². The molecule has 0 aliphatic rings. The third-order valence-corrected chi connectivity index (χ3v) is 3.26. The van der Waals surface area contributed by atoms with Crippen LogP contribution in [0.4, 0.5) is 5.69 Å². The first-order valence-electron chi connectivity index (χ1n) is 6.57. The average molecular weight is 231 g/mol. The van der Waals surface area contributed by atoms with Gasteiger partial charge in [0.05, 0.1) is 0 Å². The van der Waals surface area contributed by atoms with Crippen molar-refractivity contribution >= 4 is 5.69 Å². The first-order valence-corrected chi connectivity index (χ1v) is 6.57. The molecule has 0 saturated carbocycles. The molecule has 1 unspecified atom stereocenters. The molecular formula is C16H25N. The first kappa shape index (κ1) is 13.8. The van der Waals surface area contributed by atoms with E-state index in [9.17, 15) is 0 Å². The Morgan fingerprint density at radius 2 is 2.06 bits per heavy atom. The summed E-state index contributed by atoms with van der Waals surface area (Å²) in [6.45, 7) is 12.9. The molecule has 1 rings (SSSR count). The molecule has 0 saturated heterocycles. The molecule has 0 amide bonds. The van der Waals surface area contributed by atoms with Crippen molar-refractivity contribution in [3.05, 3.63) is 41.6 Å². The lowest BCUT2D eigenvalue weighted by Crippen LogP contribution is -2.08. The van der Waals surface area contributed by atoms with E-state index < -0.39 is 0 Å². The minimum absolute atomic E-state index is 0.538. The fourth-order valence-electron chi connectivity index (χ4n) is 1.93. The van der Waals surface area contributed by atoms with E-state index in [4.69, 9.17) is 0 Å². The van der Waals surface area contributed by atoms with Crippen molar-refractivity contribution in [3.8, 4) is 0 Å². The van der Waals surface area contributed by atoms with Crippen molar-refractivity contribution in [2.45, 2.75) is 47.0 Å². The van der Waals surface area contributed by atoms with Crippen molar-refractivity contribution in [2.75, 3.05) is 5.32 Å². The van der Waals surface area contributed by atoms with Crippen LogP contribution in [0.2, 0.25) is 0 Å². The van der Waals surface area contributed by atoms with E-state index in [1.807, 2.05) is 0 Å². The van der Waals surface area contributed by atoms with E-state index in [0.717, 1.165) is 5.70 Å². The summed E-state index contributed by atoms with van der Waals surface area (Å²) in [5.41, 5.74) is 4.90. The van der Waals surface area contributed by atoms with Gasteiger partial charge < -0.3 is 5.32 Å². The van der Waals surface area contributed by atoms with Crippen LogP contribution in [0, 0.1) is 19.8 Å². The Balaban J connectivity index is 2.61. The van der Waals surface area contributed by atoms with Gasteiger partial charge in [0.25, 0.3) is 0 Å². The van der Waals surface area contributed by atoms with Crippen molar-refractivity contribution in [2.24, 2.45) is 5.92 Å². The lowest BCUT2D eigenvalue weighted by atomic mass is 10.0. The fourth-order valence-corrected chi connectivity index (χ4v) is 1.93. The zero-order chi connectivity index (χ0) is 12.8. The maximum atomic E-state index is 4.16. The van der Waals surface area contributed by atoms with Gasteiger partial charge >= 0.3 is 0 Å². The number of anilines is 1. The second-order valence-electron chi connectivity index (χ2n) is 5.01. The fraction of sp³-hybridized carbons (Fsp3) is 0.500. The zero-order valence-corrected chi connectivity index (χ0v) is 11.6. The van der Waals surface area contributed by atoms with Gasteiger partial charge in [0, 0.05) is 11.4 Å². The van der Waals surface area contributed by atoms with E-state index in [2.05, 4.69) is 57.8 Å². The summed E-state index contributed by atoms with van der Waals surface area (Å²) in [5, 5.41) is 3.45. The largest absolute Gasteiger partial charge is 0.359 e. The van der Waals surface area contributed by atoms with Gasteiger partial charge in [-0.15, -0.1) is 0 Å². The highest BCUT2D eigenvalue weighted by molar-refractivity contribution is 5.55. The lowest BCUT2D eigenvalue weighted by Gasteiger charge is -2.18. The van der Waals surface area contributed by atoms with Crippen LogP contribution < -0.4 is 5.32 Å². The summed E-state index contributed by atoms with van der Waals surface area (Å²) < 4.78 is 0. The third-order valence-electron chi connectivity index (χ3n) is 3.26. The number of aryl methyl sites for hydroxylation is 2. The number of rotatable bonds is 6. The second-order valence-corrected chi connectivity index (χ2v) is 5.01. The van der Waals surface area contributed by atoms with Crippen LogP contribution in [0.5, 0.6) is 0 Å². The first-order chi connectivity index (χ1) is 8.04. The van der Waals surface area contributed by atoms with Crippen LogP contribution in [0.25, 0.3) is 0 Å². The molecular weight excluding hydrogens is 206 g/mol. The Morgan fingerprint density at radius 1 is 1.35 bits per heavy atom. The monoisotopic (exact) mass is 231 g/mol. The molecule has 0 aliphatic carbocycles. The quantitative estimate of drug-likeness (QED) is 0.722. The molecule has 1 atom stereocenters. The molecule has 1 aromatic rings. The number of allylic oxidation sites excluding steroid dienone is 1. The zero-order valence-electron chi connectivity index (χ0n) is 11.6. The summed E-state index contributed by atoms with van der Waals surface area (Å²) in [4.78, 5) is 0. The van der Waals surface area contributed by atoms with Crippen LogP contribution in [0.1, 0.15) is 44.2 Å². The van der Waals surface area contributed by atoms with Gasteiger partial charge in [0.1, 0.15) is 0 Å². The number of hydrogen-bond donors (Lipinski definition) is 1. The minimum Gasteiger partial charge on any atom is -0.359 e. The Hall–Kier alpha value is -1.24. The SMILES string of the molecule is C=C(Nc1ccc(C)cc1C)C(C)CCCC. The molecule has 0 aliphatic heterocycles. The highest BCUT2D eigenvalue weighted by Crippen LogP contribution is 2.22. The van der Waals surface area contributed by atoms with Crippen LogP contribution >= 0.6 is 0 Å². The Morgan fingerprint density at radius 3 is 2.65 bits per heavy atom. The topological polar surface area (TPSA) is 12.0 Å². The van der Waals surface area contributed by atoms with E-state index in [0.29, 0.717) is 5.92 Å². The normalized spacial score (nSPS) is 12.2. The Kier molecular flexibility index (Phi) is 5.27. The van der Waals surface area contributed by atoms with E-state index >= 15 is 0 Å². The molecule has 0 radical (unpaired) electrons. The molecule has 1 heteroatoms. The molecule has 94 valence electrons. The number of unbranched alkanes of at least 4 members (excludes halogenated alkanes) is 1. The van der Waals surface area contributed by atoms with Gasteiger partial charge in [0.15, 0.2) is 0 Å². The molecule has 0 bridgehead atoms. The van der Waals surface area contributed by atoms with Crippen molar-refractivity contribution in [3.63, 3.8) is 0 Å². The molecule has 1 N–H and O–H groups in total. The van der Waals surface area contributed by atoms with Crippen molar-refractivity contribution in [1.29, 1.82) is 0 Å². The molecule has 0 fully saturated rings. The summed E-state index contributed by atoms with van der Waals surface area (Å²) in [6, 6.07) is 6.48. The molecule has 0 heterocycles.